The summed E-state index contributed by atoms with van der Waals surface area (Å²) in [5, 5.41) is 15.4. The fourth-order valence-corrected chi connectivity index (χ4v) is 4.99. The molecule has 0 bridgehead atoms. The van der Waals surface area contributed by atoms with Crippen molar-refractivity contribution in [1.29, 1.82) is 0 Å². The molecule has 2 aromatic rings. The predicted molar refractivity (Wildman–Crippen MR) is 121 cm³/mol. The van der Waals surface area contributed by atoms with Crippen LogP contribution in [0.25, 0.3) is 0 Å². The van der Waals surface area contributed by atoms with Gasteiger partial charge in [-0.15, -0.1) is 0 Å². The number of nitrogens with one attached hydrogen (secondary N) is 2. The van der Waals surface area contributed by atoms with Gasteiger partial charge in [0.15, 0.2) is 23.1 Å². The number of methoxy groups -OCH3 is 1. The van der Waals surface area contributed by atoms with Crippen LogP contribution in [0.3, 0.4) is 0 Å². The van der Waals surface area contributed by atoms with Crippen LogP contribution in [0, 0.1) is 5.82 Å². The third kappa shape index (κ3) is 4.88. The fourth-order valence-electron chi connectivity index (χ4n) is 4.99. The molecule has 8 nitrogen and oxygen atoms in total. The Kier molecular flexibility index (Phi) is 6.66. The first-order chi connectivity index (χ1) is 15.4. The van der Waals surface area contributed by atoms with Gasteiger partial charge in [-0.05, 0) is 58.2 Å². The molecule has 0 amide bonds. The Balaban J connectivity index is 1.47. The van der Waals surface area contributed by atoms with Gasteiger partial charge in [0.1, 0.15) is 6.61 Å². The minimum absolute atomic E-state index is 0.0814. The minimum atomic E-state index is -0.465. The molecular formula is C23H32FN5O3. The maximum Gasteiger partial charge on any atom is 0.229 e. The van der Waals surface area contributed by atoms with Gasteiger partial charge in [0.25, 0.3) is 0 Å². The van der Waals surface area contributed by atoms with Crippen molar-refractivity contribution < 1.29 is 19.0 Å². The number of benzene rings is 1. The molecule has 1 aromatic heterocycles. The van der Waals surface area contributed by atoms with Gasteiger partial charge >= 0.3 is 0 Å². The summed E-state index contributed by atoms with van der Waals surface area (Å²) in [4.78, 5) is 11.1. The molecule has 2 aliphatic rings. The predicted octanol–water partition coefficient (Wildman–Crippen LogP) is 3.56. The second-order valence-corrected chi connectivity index (χ2v) is 9.04. The van der Waals surface area contributed by atoms with E-state index in [2.05, 4.69) is 39.3 Å². The van der Waals surface area contributed by atoms with Gasteiger partial charge in [-0.2, -0.15) is 4.98 Å². The fraction of sp³-hybridized carbons (Fsp3) is 0.565. The number of nitrogens with zero attached hydrogens (tertiary/aromatic N) is 3. The first-order valence-electron chi connectivity index (χ1n) is 11.1. The van der Waals surface area contributed by atoms with Crippen molar-refractivity contribution >= 4 is 17.5 Å². The first kappa shape index (κ1) is 22.5. The number of fused-ring (bicyclic) bond motifs is 1. The molecule has 0 saturated carbocycles. The van der Waals surface area contributed by atoms with Gasteiger partial charge in [0.05, 0.1) is 19.9 Å². The van der Waals surface area contributed by atoms with Crippen molar-refractivity contribution in [2.75, 3.05) is 37.5 Å². The molecule has 2 aliphatic heterocycles. The number of piperidine rings is 1. The molecule has 4 rings (SSSR count). The molecule has 2 saturated heterocycles. The second kappa shape index (κ2) is 9.46. The summed E-state index contributed by atoms with van der Waals surface area (Å²) >= 11 is 0. The Hall–Kier alpha value is -2.65. The van der Waals surface area contributed by atoms with E-state index in [1.165, 1.54) is 19.0 Å². The highest BCUT2D eigenvalue weighted by molar-refractivity contribution is 5.60. The van der Waals surface area contributed by atoms with E-state index < -0.39 is 5.82 Å². The lowest BCUT2D eigenvalue weighted by Gasteiger charge is -2.47. The summed E-state index contributed by atoms with van der Waals surface area (Å²) in [6.45, 7) is 5.77. The summed E-state index contributed by atoms with van der Waals surface area (Å²) in [5.74, 6) is 1.07. The van der Waals surface area contributed by atoms with Gasteiger partial charge in [0, 0.05) is 29.4 Å². The number of aliphatic hydroxyl groups excluding tert-OH is 1. The molecule has 0 spiro atoms. The maximum atomic E-state index is 14.5. The zero-order valence-corrected chi connectivity index (χ0v) is 18.9. The van der Waals surface area contributed by atoms with E-state index in [0.29, 0.717) is 23.2 Å². The number of hydrogen-bond acceptors (Lipinski definition) is 8. The number of aliphatic hydroxyl groups is 1. The SMILES string of the molecule is COc1cc(Nc2ncc(F)c(N[C@@H]3C[C@@H]4CCCN4C(C)(C)C3)n2)ccc1OCCO. The Morgan fingerprint density at radius 2 is 2.16 bits per heavy atom. The first-order valence-corrected chi connectivity index (χ1v) is 11.1. The molecule has 9 heteroatoms. The quantitative estimate of drug-likeness (QED) is 0.568. The van der Waals surface area contributed by atoms with Gasteiger partial charge < -0.3 is 25.2 Å². The summed E-state index contributed by atoms with van der Waals surface area (Å²) in [6.07, 6.45) is 5.53. The van der Waals surface area contributed by atoms with Crippen molar-refractivity contribution in [3.63, 3.8) is 0 Å². The Labute approximate surface area is 188 Å². The van der Waals surface area contributed by atoms with E-state index in [9.17, 15) is 4.39 Å². The average molecular weight is 446 g/mol. The molecule has 174 valence electrons. The van der Waals surface area contributed by atoms with Crippen LogP contribution in [0.15, 0.2) is 24.4 Å². The normalized spacial score (nSPS) is 22.3. The van der Waals surface area contributed by atoms with Crippen LogP contribution in [0.4, 0.5) is 21.8 Å². The number of hydrogen-bond donors (Lipinski definition) is 3. The molecule has 1 aromatic carbocycles. The molecular weight excluding hydrogens is 413 g/mol. The number of halogens is 1. The summed E-state index contributed by atoms with van der Waals surface area (Å²) in [5.41, 5.74) is 0.758. The zero-order valence-electron chi connectivity index (χ0n) is 18.9. The van der Waals surface area contributed by atoms with Crippen LogP contribution in [0.5, 0.6) is 11.5 Å². The van der Waals surface area contributed by atoms with Crippen molar-refractivity contribution in [1.82, 2.24) is 14.9 Å². The Morgan fingerprint density at radius 3 is 2.94 bits per heavy atom. The topological polar surface area (TPSA) is 91.8 Å². The number of rotatable bonds is 8. The van der Waals surface area contributed by atoms with Crippen LogP contribution >= 0.6 is 0 Å². The second-order valence-electron chi connectivity index (χ2n) is 9.04. The monoisotopic (exact) mass is 445 g/mol. The molecule has 0 unspecified atom stereocenters. The number of aromatic nitrogens is 2. The third-order valence-corrected chi connectivity index (χ3v) is 6.31. The Morgan fingerprint density at radius 1 is 1.31 bits per heavy atom. The standard InChI is InChI=1S/C23H32FN5O3/c1-23(2)13-16(11-17-5-4-8-29(17)23)26-21-18(24)14-25-22(28-21)27-15-6-7-19(32-10-9-30)20(12-15)31-3/h6-7,12,14,16-17,30H,4-5,8-11,13H2,1-3H3,(H2,25,26,27,28)/t16-,17+/m1/s1. The van der Waals surface area contributed by atoms with Crippen LogP contribution in [0.2, 0.25) is 0 Å². The van der Waals surface area contributed by atoms with Crippen LogP contribution in [-0.2, 0) is 0 Å². The largest absolute Gasteiger partial charge is 0.493 e. The van der Waals surface area contributed by atoms with E-state index in [1.807, 2.05) is 0 Å². The third-order valence-electron chi connectivity index (χ3n) is 6.31. The summed E-state index contributed by atoms with van der Waals surface area (Å²) < 4.78 is 25.3. The number of anilines is 3. The Bertz CT molecular complexity index is 942. The van der Waals surface area contributed by atoms with E-state index in [4.69, 9.17) is 14.6 Å². The van der Waals surface area contributed by atoms with E-state index >= 15 is 0 Å². The van der Waals surface area contributed by atoms with Gasteiger partial charge in [-0.25, -0.2) is 9.37 Å². The van der Waals surface area contributed by atoms with E-state index in [-0.39, 0.29) is 36.6 Å². The van der Waals surface area contributed by atoms with Crippen molar-refractivity contribution in [2.24, 2.45) is 0 Å². The van der Waals surface area contributed by atoms with Gasteiger partial charge in [-0.1, -0.05) is 0 Å². The lowest BCUT2D eigenvalue weighted by molar-refractivity contribution is 0.0500. The molecule has 0 radical (unpaired) electrons. The van der Waals surface area contributed by atoms with E-state index in [1.54, 1.807) is 25.3 Å². The van der Waals surface area contributed by atoms with Gasteiger partial charge in [-0.3, -0.25) is 4.90 Å². The molecule has 2 atom stereocenters. The summed E-state index contributed by atoms with van der Waals surface area (Å²) in [6, 6.07) is 5.96. The zero-order chi connectivity index (χ0) is 22.7. The molecule has 3 heterocycles. The average Bonchev–Trinajstić information content (AvgIpc) is 3.24. The minimum Gasteiger partial charge on any atom is -0.493 e. The highest BCUT2D eigenvalue weighted by Crippen LogP contribution is 2.38. The number of ether oxygens (including phenoxy) is 2. The summed E-state index contributed by atoms with van der Waals surface area (Å²) in [7, 11) is 1.54. The van der Waals surface area contributed by atoms with Crippen LogP contribution in [-0.4, -0.2) is 64.5 Å². The molecule has 32 heavy (non-hydrogen) atoms. The lowest BCUT2D eigenvalue weighted by atomic mass is 9.84. The molecule has 0 aliphatic carbocycles. The lowest BCUT2D eigenvalue weighted by Crippen LogP contribution is -2.55. The molecule has 2 fully saturated rings. The van der Waals surface area contributed by atoms with Crippen LogP contribution in [0.1, 0.15) is 39.5 Å². The maximum absolute atomic E-state index is 14.5. The van der Waals surface area contributed by atoms with E-state index in [0.717, 1.165) is 19.4 Å². The van der Waals surface area contributed by atoms with Crippen molar-refractivity contribution in [3.8, 4) is 11.5 Å². The highest BCUT2D eigenvalue weighted by Gasteiger charge is 2.43. The van der Waals surface area contributed by atoms with Crippen molar-refractivity contribution in [2.45, 2.75) is 57.2 Å². The van der Waals surface area contributed by atoms with Crippen molar-refractivity contribution in [3.05, 3.63) is 30.2 Å². The smallest absolute Gasteiger partial charge is 0.229 e. The highest BCUT2D eigenvalue weighted by atomic mass is 19.1. The molecule has 3 N–H and O–H groups in total. The van der Waals surface area contributed by atoms with Crippen LogP contribution < -0.4 is 20.1 Å². The van der Waals surface area contributed by atoms with Gasteiger partial charge in [0.2, 0.25) is 5.95 Å².